The normalized spacial score (nSPS) is 11.3. The Labute approximate surface area is 139 Å². The molecule has 0 fully saturated rings. The number of thioether (sulfide) groups is 1. The topological polar surface area (TPSA) is 69.6 Å². The van der Waals surface area contributed by atoms with E-state index < -0.39 is 5.97 Å². The Morgan fingerprint density at radius 1 is 1.35 bits per heavy atom. The van der Waals surface area contributed by atoms with Gasteiger partial charge in [0.2, 0.25) is 4.96 Å². The number of furan rings is 1. The average Bonchev–Trinajstić information content (AvgIpc) is 3.27. The van der Waals surface area contributed by atoms with Crippen LogP contribution in [-0.4, -0.2) is 27.7 Å². The number of methoxy groups -OCH3 is 1. The summed E-state index contributed by atoms with van der Waals surface area (Å²) in [5.41, 5.74) is 1.52. The van der Waals surface area contributed by atoms with Crippen molar-refractivity contribution in [3.05, 3.63) is 47.9 Å². The molecular weight excluding hydrogens is 334 g/mol. The first kappa shape index (κ1) is 14.3. The summed E-state index contributed by atoms with van der Waals surface area (Å²) in [7, 11) is 1.35. The number of carbonyl (C=O) groups excluding carboxylic acids is 1. The molecule has 116 valence electrons. The highest BCUT2D eigenvalue weighted by molar-refractivity contribution is 7.98. The highest BCUT2D eigenvalue weighted by Crippen LogP contribution is 2.31. The largest absolute Gasteiger partial charge is 0.468 e. The molecular formula is C15H11N3O3S2. The van der Waals surface area contributed by atoms with Crippen LogP contribution in [0, 0.1) is 0 Å². The van der Waals surface area contributed by atoms with E-state index in [9.17, 15) is 4.79 Å². The second-order valence-corrected chi connectivity index (χ2v) is 6.66. The van der Waals surface area contributed by atoms with Crippen LogP contribution in [0.1, 0.15) is 16.1 Å². The Hall–Kier alpha value is -2.32. The van der Waals surface area contributed by atoms with Gasteiger partial charge in [0, 0.05) is 0 Å². The fraction of sp³-hybridized carbons (Fsp3) is 0.133. The van der Waals surface area contributed by atoms with E-state index in [-0.39, 0.29) is 0 Å². The minimum absolute atomic E-state index is 0.401. The van der Waals surface area contributed by atoms with E-state index in [4.69, 9.17) is 9.15 Å². The van der Waals surface area contributed by atoms with Gasteiger partial charge in [0.05, 0.1) is 29.3 Å². The van der Waals surface area contributed by atoms with E-state index in [2.05, 4.69) is 16.3 Å². The van der Waals surface area contributed by atoms with Crippen molar-refractivity contribution >= 4 is 44.2 Å². The highest BCUT2D eigenvalue weighted by Gasteiger charge is 2.17. The van der Waals surface area contributed by atoms with E-state index in [0.717, 1.165) is 20.3 Å². The molecule has 4 aromatic rings. The number of hydrogen-bond acceptors (Lipinski definition) is 7. The maximum absolute atomic E-state index is 11.7. The molecule has 4 rings (SSSR count). The van der Waals surface area contributed by atoms with Gasteiger partial charge in [0.1, 0.15) is 11.3 Å². The van der Waals surface area contributed by atoms with Gasteiger partial charge >= 0.3 is 5.97 Å². The SMILES string of the molecule is COC(=O)c1ccoc1CSc1nnc2sc3ccccc3n12. The first-order valence-electron chi connectivity index (χ1n) is 6.78. The van der Waals surface area contributed by atoms with Crippen molar-refractivity contribution in [2.75, 3.05) is 7.11 Å². The predicted molar refractivity (Wildman–Crippen MR) is 88.0 cm³/mol. The summed E-state index contributed by atoms with van der Waals surface area (Å²) in [6.45, 7) is 0. The molecule has 8 heteroatoms. The van der Waals surface area contributed by atoms with Crippen molar-refractivity contribution in [3.8, 4) is 0 Å². The molecule has 0 aliphatic carbocycles. The number of para-hydroxylation sites is 1. The lowest BCUT2D eigenvalue weighted by molar-refractivity contribution is 0.0598. The van der Waals surface area contributed by atoms with Crippen LogP contribution >= 0.6 is 23.1 Å². The van der Waals surface area contributed by atoms with Crippen LogP contribution in [0.25, 0.3) is 15.2 Å². The summed E-state index contributed by atoms with van der Waals surface area (Å²) in [4.78, 5) is 12.5. The molecule has 0 saturated heterocycles. The lowest BCUT2D eigenvalue weighted by Crippen LogP contribution is -2.02. The smallest absolute Gasteiger partial charge is 0.341 e. The molecule has 0 unspecified atom stereocenters. The van der Waals surface area contributed by atoms with Gasteiger partial charge in [-0.25, -0.2) is 4.79 Å². The van der Waals surface area contributed by atoms with Crippen LogP contribution in [0.15, 0.2) is 46.2 Å². The fourth-order valence-electron chi connectivity index (χ4n) is 2.32. The monoisotopic (exact) mass is 345 g/mol. The molecule has 1 aromatic carbocycles. The first-order chi connectivity index (χ1) is 11.3. The van der Waals surface area contributed by atoms with E-state index in [1.54, 1.807) is 17.4 Å². The minimum Gasteiger partial charge on any atom is -0.468 e. The Bertz CT molecular complexity index is 1000. The maximum Gasteiger partial charge on any atom is 0.341 e. The van der Waals surface area contributed by atoms with Gasteiger partial charge < -0.3 is 9.15 Å². The molecule has 0 atom stereocenters. The Morgan fingerprint density at radius 2 is 2.22 bits per heavy atom. The van der Waals surface area contributed by atoms with E-state index >= 15 is 0 Å². The number of hydrogen-bond donors (Lipinski definition) is 0. The van der Waals surface area contributed by atoms with Crippen LogP contribution in [0.3, 0.4) is 0 Å². The standard InChI is InChI=1S/C15H11N3O3S2/c1-20-13(19)9-6-7-21-11(9)8-22-14-16-17-15-18(14)10-4-2-3-5-12(10)23-15/h2-7H,8H2,1H3. The molecule has 0 spiro atoms. The van der Waals surface area contributed by atoms with Crippen molar-refractivity contribution < 1.29 is 13.9 Å². The number of nitrogens with zero attached hydrogens (tertiary/aromatic N) is 3. The van der Waals surface area contributed by atoms with Crippen LogP contribution in [-0.2, 0) is 10.5 Å². The number of thiazole rings is 1. The second-order valence-electron chi connectivity index (χ2n) is 4.71. The Kier molecular flexibility index (Phi) is 3.55. The molecule has 0 aliphatic rings. The summed E-state index contributed by atoms with van der Waals surface area (Å²) in [6, 6.07) is 9.71. The molecule has 6 nitrogen and oxygen atoms in total. The molecule has 0 bridgehead atoms. The van der Waals surface area contributed by atoms with Crippen LogP contribution in [0.4, 0.5) is 0 Å². The molecule has 0 N–H and O–H groups in total. The molecule has 0 radical (unpaired) electrons. The summed E-state index contributed by atoms with van der Waals surface area (Å²) in [6.07, 6.45) is 1.49. The molecule has 0 amide bonds. The zero-order valence-electron chi connectivity index (χ0n) is 12.1. The zero-order chi connectivity index (χ0) is 15.8. The molecule has 0 saturated carbocycles. The lowest BCUT2D eigenvalue weighted by atomic mass is 10.3. The van der Waals surface area contributed by atoms with Crippen LogP contribution < -0.4 is 0 Å². The summed E-state index contributed by atoms with van der Waals surface area (Å²) in [5, 5.41) is 9.21. The third-order valence-corrected chi connectivity index (χ3v) is 5.34. The van der Waals surface area contributed by atoms with Crippen molar-refractivity contribution in [2.24, 2.45) is 0 Å². The van der Waals surface area contributed by atoms with Gasteiger partial charge in [0.15, 0.2) is 5.16 Å². The number of ether oxygens (including phenoxy) is 1. The van der Waals surface area contributed by atoms with E-state index in [0.29, 0.717) is 17.1 Å². The highest BCUT2D eigenvalue weighted by atomic mass is 32.2. The second kappa shape index (κ2) is 5.71. The number of rotatable bonds is 4. The van der Waals surface area contributed by atoms with Crippen molar-refractivity contribution in [2.45, 2.75) is 10.9 Å². The predicted octanol–water partition coefficient (Wildman–Crippen LogP) is 3.62. The lowest BCUT2D eigenvalue weighted by Gasteiger charge is -2.00. The van der Waals surface area contributed by atoms with E-state index in [1.807, 2.05) is 22.6 Å². The van der Waals surface area contributed by atoms with Gasteiger partial charge in [0.25, 0.3) is 0 Å². The van der Waals surface area contributed by atoms with Crippen LogP contribution in [0.2, 0.25) is 0 Å². The van der Waals surface area contributed by atoms with Gasteiger partial charge in [-0.15, -0.1) is 10.2 Å². The number of esters is 1. The maximum atomic E-state index is 11.7. The number of benzene rings is 1. The minimum atomic E-state index is -0.401. The van der Waals surface area contributed by atoms with Gasteiger partial charge in [-0.05, 0) is 18.2 Å². The average molecular weight is 345 g/mol. The Balaban J connectivity index is 1.66. The fourth-order valence-corrected chi connectivity index (χ4v) is 4.24. The molecule has 3 aromatic heterocycles. The van der Waals surface area contributed by atoms with Gasteiger partial charge in [-0.3, -0.25) is 4.40 Å². The van der Waals surface area contributed by atoms with Crippen molar-refractivity contribution in [1.29, 1.82) is 0 Å². The zero-order valence-corrected chi connectivity index (χ0v) is 13.7. The summed E-state index contributed by atoms with van der Waals surface area (Å²) >= 11 is 3.07. The summed E-state index contributed by atoms with van der Waals surface area (Å²) < 4.78 is 13.3. The molecule has 23 heavy (non-hydrogen) atoms. The third kappa shape index (κ3) is 2.40. The Morgan fingerprint density at radius 3 is 3.09 bits per heavy atom. The first-order valence-corrected chi connectivity index (χ1v) is 8.58. The quantitative estimate of drug-likeness (QED) is 0.416. The van der Waals surface area contributed by atoms with Crippen LogP contribution in [0.5, 0.6) is 0 Å². The number of aromatic nitrogens is 3. The van der Waals surface area contributed by atoms with Crippen molar-refractivity contribution in [1.82, 2.24) is 14.6 Å². The van der Waals surface area contributed by atoms with Gasteiger partial charge in [-0.2, -0.15) is 0 Å². The van der Waals surface area contributed by atoms with Gasteiger partial charge in [-0.1, -0.05) is 35.2 Å². The third-order valence-electron chi connectivity index (χ3n) is 3.39. The molecule has 3 heterocycles. The molecule has 0 aliphatic heterocycles. The summed E-state index contributed by atoms with van der Waals surface area (Å²) in [5.74, 6) is 0.641. The van der Waals surface area contributed by atoms with E-state index in [1.165, 1.54) is 25.1 Å². The number of fused-ring (bicyclic) bond motifs is 3. The number of carbonyl (C=O) groups is 1. The van der Waals surface area contributed by atoms with Crippen molar-refractivity contribution in [3.63, 3.8) is 0 Å².